The van der Waals surface area contributed by atoms with Gasteiger partial charge in [0.15, 0.2) is 0 Å². The smallest absolute Gasteiger partial charge is 0.251 e. The van der Waals surface area contributed by atoms with Crippen molar-refractivity contribution in [3.05, 3.63) is 35.4 Å². The largest absolute Gasteiger partial charge is 0.349 e. The molecule has 108 valence electrons. The van der Waals surface area contributed by atoms with E-state index in [1.54, 1.807) is 0 Å². The van der Waals surface area contributed by atoms with Crippen molar-refractivity contribution in [2.75, 3.05) is 13.6 Å². The maximum atomic E-state index is 12.4. The van der Waals surface area contributed by atoms with E-state index in [1.807, 2.05) is 31.2 Å². The van der Waals surface area contributed by atoms with Crippen LogP contribution in [0.4, 0.5) is 0 Å². The molecule has 0 spiro atoms. The first-order valence-corrected chi connectivity index (χ1v) is 7.69. The Kier molecular flexibility index (Phi) is 3.79. The standard InChI is InChI=1S/C17H24N2O/c1-12-4-3-5-14(8-12)17(20)18-15-9-13-6-7-16(10-15)19(2)11-13/h3-5,8,13,15-16H,6-7,9-11H2,1-2H3,(H,18,20). The number of piperidine rings is 1. The number of carbonyl (C=O) groups excluding carboxylic acids is 1. The normalized spacial score (nSPS) is 30.0. The summed E-state index contributed by atoms with van der Waals surface area (Å²) in [7, 11) is 2.22. The fourth-order valence-corrected chi connectivity index (χ4v) is 3.79. The lowest BCUT2D eigenvalue weighted by atomic mass is 9.95. The molecule has 1 amide bonds. The van der Waals surface area contributed by atoms with Gasteiger partial charge < -0.3 is 10.2 Å². The average molecular weight is 272 g/mol. The summed E-state index contributed by atoms with van der Waals surface area (Å²) in [6.45, 7) is 3.22. The van der Waals surface area contributed by atoms with Gasteiger partial charge in [0.25, 0.3) is 5.91 Å². The second-order valence-electron chi connectivity index (χ2n) is 6.55. The number of amides is 1. The van der Waals surface area contributed by atoms with Gasteiger partial charge in [-0.2, -0.15) is 0 Å². The van der Waals surface area contributed by atoms with E-state index in [2.05, 4.69) is 17.3 Å². The van der Waals surface area contributed by atoms with Crippen molar-refractivity contribution in [3.63, 3.8) is 0 Å². The molecule has 2 aliphatic heterocycles. The first-order chi connectivity index (χ1) is 9.61. The quantitative estimate of drug-likeness (QED) is 0.897. The molecule has 3 atom stereocenters. The number of hydrogen-bond acceptors (Lipinski definition) is 2. The van der Waals surface area contributed by atoms with Gasteiger partial charge in [0.1, 0.15) is 0 Å². The van der Waals surface area contributed by atoms with Crippen LogP contribution in [0.5, 0.6) is 0 Å². The number of nitrogens with one attached hydrogen (secondary N) is 1. The summed E-state index contributed by atoms with van der Waals surface area (Å²) in [5.41, 5.74) is 1.92. The Labute approximate surface area is 121 Å². The molecule has 3 aliphatic rings. The zero-order valence-electron chi connectivity index (χ0n) is 12.4. The molecule has 2 bridgehead atoms. The van der Waals surface area contributed by atoms with E-state index < -0.39 is 0 Å². The van der Waals surface area contributed by atoms with E-state index in [0.29, 0.717) is 12.1 Å². The van der Waals surface area contributed by atoms with Crippen molar-refractivity contribution >= 4 is 5.91 Å². The second-order valence-corrected chi connectivity index (χ2v) is 6.55. The number of benzene rings is 1. The monoisotopic (exact) mass is 272 g/mol. The van der Waals surface area contributed by atoms with Crippen LogP contribution in [0.1, 0.15) is 41.6 Å². The Morgan fingerprint density at radius 3 is 2.90 bits per heavy atom. The lowest BCUT2D eigenvalue weighted by molar-refractivity contribution is 0.0930. The Morgan fingerprint density at radius 2 is 2.15 bits per heavy atom. The fourth-order valence-electron chi connectivity index (χ4n) is 3.79. The Balaban J connectivity index is 1.67. The van der Waals surface area contributed by atoms with Crippen LogP contribution in [0.3, 0.4) is 0 Å². The van der Waals surface area contributed by atoms with Crippen LogP contribution in [-0.4, -0.2) is 36.5 Å². The van der Waals surface area contributed by atoms with Gasteiger partial charge in [-0.25, -0.2) is 0 Å². The Bertz CT molecular complexity index is 500. The topological polar surface area (TPSA) is 32.3 Å². The van der Waals surface area contributed by atoms with E-state index in [-0.39, 0.29) is 5.91 Å². The second kappa shape index (κ2) is 5.57. The molecule has 3 heteroatoms. The van der Waals surface area contributed by atoms with Crippen LogP contribution in [0.15, 0.2) is 24.3 Å². The number of nitrogens with zero attached hydrogens (tertiary/aromatic N) is 1. The third-order valence-corrected chi connectivity index (χ3v) is 4.87. The van der Waals surface area contributed by atoms with Crippen molar-refractivity contribution < 1.29 is 4.79 Å². The summed E-state index contributed by atoms with van der Waals surface area (Å²) in [6, 6.07) is 8.83. The minimum atomic E-state index is 0.0858. The van der Waals surface area contributed by atoms with E-state index in [1.165, 1.54) is 19.4 Å². The van der Waals surface area contributed by atoms with Crippen LogP contribution in [0.25, 0.3) is 0 Å². The predicted octanol–water partition coefficient (Wildman–Crippen LogP) is 2.60. The third kappa shape index (κ3) is 2.88. The molecular weight excluding hydrogens is 248 g/mol. The first-order valence-electron chi connectivity index (χ1n) is 7.69. The SMILES string of the molecule is Cc1cccc(C(=O)NC2CC3CCC(C2)N(C)C3)c1. The van der Waals surface area contributed by atoms with E-state index >= 15 is 0 Å². The van der Waals surface area contributed by atoms with Gasteiger partial charge in [0, 0.05) is 24.2 Å². The highest BCUT2D eigenvalue weighted by Gasteiger charge is 2.34. The highest BCUT2D eigenvalue weighted by Crippen LogP contribution is 2.32. The average Bonchev–Trinajstić information content (AvgIpc) is 2.68. The van der Waals surface area contributed by atoms with Crippen LogP contribution in [-0.2, 0) is 0 Å². The Hall–Kier alpha value is -1.35. The molecule has 1 saturated carbocycles. The van der Waals surface area contributed by atoms with Crippen molar-refractivity contribution in [2.24, 2.45) is 5.92 Å². The van der Waals surface area contributed by atoms with Gasteiger partial charge in [0.05, 0.1) is 0 Å². The molecule has 3 nitrogen and oxygen atoms in total. The molecular formula is C17H24N2O. The van der Waals surface area contributed by atoms with Crippen molar-refractivity contribution in [2.45, 2.75) is 44.7 Å². The lowest BCUT2D eigenvalue weighted by Crippen LogP contribution is -2.39. The molecule has 3 fully saturated rings. The van der Waals surface area contributed by atoms with Gasteiger partial charge in [0.2, 0.25) is 0 Å². The van der Waals surface area contributed by atoms with Crippen LogP contribution >= 0.6 is 0 Å². The maximum Gasteiger partial charge on any atom is 0.251 e. The number of carbonyl (C=O) groups is 1. The molecule has 1 aromatic rings. The van der Waals surface area contributed by atoms with Gasteiger partial charge in [-0.1, -0.05) is 17.7 Å². The van der Waals surface area contributed by atoms with Gasteiger partial charge in [-0.15, -0.1) is 0 Å². The maximum absolute atomic E-state index is 12.4. The highest BCUT2D eigenvalue weighted by molar-refractivity contribution is 5.94. The summed E-state index contributed by atoms with van der Waals surface area (Å²) < 4.78 is 0. The molecule has 1 aromatic carbocycles. The van der Waals surface area contributed by atoms with E-state index in [9.17, 15) is 4.79 Å². The van der Waals surface area contributed by atoms with Crippen LogP contribution in [0, 0.1) is 12.8 Å². The van der Waals surface area contributed by atoms with Gasteiger partial charge in [-0.3, -0.25) is 4.79 Å². The molecule has 2 saturated heterocycles. The summed E-state index contributed by atoms with van der Waals surface area (Å²) in [5, 5.41) is 3.26. The zero-order chi connectivity index (χ0) is 14.1. The van der Waals surface area contributed by atoms with Crippen LogP contribution in [0.2, 0.25) is 0 Å². The van der Waals surface area contributed by atoms with Crippen molar-refractivity contribution in [1.29, 1.82) is 0 Å². The summed E-state index contributed by atoms with van der Waals surface area (Å²) in [6.07, 6.45) is 4.85. The summed E-state index contributed by atoms with van der Waals surface area (Å²) in [5.74, 6) is 0.837. The van der Waals surface area contributed by atoms with Crippen molar-refractivity contribution in [1.82, 2.24) is 10.2 Å². The molecule has 2 heterocycles. The molecule has 0 radical (unpaired) electrons. The molecule has 3 unspecified atom stereocenters. The molecule has 1 N–H and O–H groups in total. The summed E-state index contributed by atoms with van der Waals surface area (Å²) >= 11 is 0. The molecule has 20 heavy (non-hydrogen) atoms. The first kappa shape index (κ1) is 13.6. The van der Waals surface area contributed by atoms with Gasteiger partial charge >= 0.3 is 0 Å². The molecule has 4 rings (SSSR count). The van der Waals surface area contributed by atoms with Crippen LogP contribution < -0.4 is 5.32 Å². The molecule has 0 aromatic heterocycles. The number of hydrogen-bond donors (Lipinski definition) is 1. The number of fused-ring (bicyclic) bond motifs is 4. The van der Waals surface area contributed by atoms with E-state index in [0.717, 1.165) is 29.9 Å². The highest BCUT2D eigenvalue weighted by atomic mass is 16.1. The fraction of sp³-hybridized carbons (Fsp3) is 0.588. The Morgan fingerprint density at radius 1 is 1.30 bits per heavy atom. The third-order valence-electron chi connectivity index (χ3n) is 4.87. The predicted molar refractivity (Wildman–Crippen MR) is 80.8 cm³/mol. The molecule has 1 aliphatic carbocycles. The van der Waals surface area contributed by atoms with E-state index in [4.69, 9.17) is 0 Å². The zero-order valence-corrected chi connectivity index (χ0v) is 12.4. The number of aryl methyl sites for hydroxylation is 1. The summed E-state index contributed by atoms with van der Waals surface area (Å²) in [4.78, 5) is 14.8. The number of rotatable bonds is 2. The minimum Gasteiger partial charge on any atom is -0.349 e. The van der Waals surface area contributed by atoms with Gasteiger partial charge in [-0.05, 0) is 57.7 Å². The van der Waals surface area contributed by atoms with Crippen molar-refractivity contribution in [3.8, 4) is 0 Å². The minimum absolute atomic E-state index is 0.0858. The lowest BCUT2D eigenvalue weighted by Gasteiger charge is -2.33.